The molecule has 0 fully saturated rings. The van der Waals surface area contributed by atoms with Crippen molar-refractivity contribution in [1.29, 1.82) is 0 Å². The molecule has 0 saturated carbocycles. The van der Waals surface area contributed by atoms with Gasteiger partial charge in [0.1, 0.15) is 0 Å². The average Bonchev–Trinajstić information content (AvgIpc) is 2.38. The molecule has 3 nitrogen and oxygen atoms in total. The van der Waals surface area contributed by atoms with Crippen LogP contribution in [0.3, 0.4) is 0 Å². The van der Waals surface area contributed by atoms with Crippen LogP contribution in [0.2, 0.25) is 0 Å². The lowest BCUT2D eigenvalue weighted by Gasteiger charge is -2.13. The van der Waals surface area contributed by atoms with Crippen LogP contribution in [0.5, 0.6) is 0 Å². The van der Waals surface area contributed by atoms with Gasteiger partial charge in [0.15, 0.2) is 0 Å². The molecule has 0 aliphatic rings. The molecule has 0 aliphatic carbocycles. The predicted octanol–water partition coefficient (Wildman–Crippen LogP) is 2.93. The summed E-state index contributed by atoms with van der Waals surface area (Å²) in [5, 5.41) is 11.3. The third-order valence-electron chi connectivity index (χ3n) is 2.59. The Balaban J connectivity index is 1.93. The Labute approximate surface area is 115 Å². The third-order valence-corrected chi connectivity index (χ3v) is 3.31. The van der Waals surface area contributed by atoms with Crippen molar-refractivity contribution in [2.24, 2.45) is 0 Å². The van der Waals surface area contributed by atoms with Gasteiger partial charge in [-0.05, 0) is 59.3 Å². The molecule has 0 radical (unpaired) electrons. The molecule has 0 spiro atoms. The average molecular weight is 339 g/mol. The Morgan fingerprint density at radius 1 is 1.24 bits per heavy atom. The predicted molar refractivity (Wildman–Crippen MR) is 76.4 cm³/mol. The summed E-state index contributed by atoms with van der Waals surface area (Å²) in [6.45, 7) is 2.89. The van der Waals surface area contributed by atoms with E-state index in [4.69, 9.17) is 0 Å². The van der Waals surface area contributed by atoms with E-state index in [1.54, 1.807) is 6.20 Å². The zero-order valence-corrected chi connectivity index (χ0v) is 11.8. The van der Waals surface area contributed by atoms with Gasteiger partial charge in [0, 0.05) is 22.4 Å². The largest absolute Gasteiger partial charge is 0.304 e. The van der Waals surface area contributed by atoms with Crippen molar-refractivity contribution in [2.75, 3.05) is 0 Å². The Morgan fingerprint density at radius 3 is 2.65 bits per heavy atom. The lowest BCUT2D eigenvalue weighted by atomic mass is 10.1. The van der Waals surface area contributed by atoms with E-state index in [1.165, 1.54) is 9.13 Å². The molecule has 0 amide bonds. The second kappa shape index (κ2) is 6.07. The van der Waals surface area contributed by atoms with Crippen molar-refractivity contribution in [3.63, 3.8) is 0 Å². The molecule has 0 aliphatic heterocycles. The first-order valence-electron chi connectivity index (χ1n) is 5.51. The van der Waals surface area contributed by atoms with E-state index < -0.39 is 0 Å². The quantitative estimate of drug-likeness (QED) is 0.871. The van der Waals surface area contributed by atoms with Gasteiger partial charge in [-0.1, -0.05) is 12.1 Å². The minimum atomic E-state index is 0.314. The lowest BCUT2D eigenvalue weighted by Crippen LogP contribution is -2.18. The van der Waals surface area contributed by atoms with Crippen molar-refractivity contribution >= 4 is 22.6 Å². The van der Waals surface area contributed by atoms with Crippen molar-refractivity contribution in [2.45, 2.75) is 19.5 Å². The number of aromatic nitrogens is 2. The number of hydrogen-bond acceptors (Lipinski definition) is 3. The van der Waals surface area contributed by atoms with E-state index in [0.29, 0.717) is 6.04 Å². The molecule has 1 unspecified atom stereocenters. The minimum Gasteiger partial charge on any atom is -0.304 e. The zero-order valence-electron chi connectivity index (χ0n) is 9.60. The van der Waals surface area contributed by atoms with Gasteiger partial charge >= 0.3 is 0 Å². The fourth-order valence-corrected chi connectivity index (χ4v) is 1.91. The molecule has 1 aromatic carbocycles. The molecule has 88 valence electrons. The van der Waals surface area contributed by atoms with Crippen LogP contribution in [-0.4, -0.2) is 10.2 Å². The first-order chi connectivity index (χ1) is 8.25. The molecule has 1 heterocycles. The summed E-state index contributed by atoms with van der Waals surface area (Å²) in [4.78, 5) is 0. The highest BCUT2D eigenvalue weighted by Crippen LogP contribution is 2.14. The summed E-state index contributed by atoms with van der Waals surface area (Å²) in [5.41, 5.74) is 2.25. The highest BCUT2D eigenvalue weighted by atomic mass is 127. The van der Waals surface area contributed by atoms with Crippen molar-refractivity contribution in [3.05, 3.63) is 57.4 Å². The van der Waals surface area contributed by atoms with Gasteiger partial charge in [-0.15, -0.1) is 0 Å². The van der Waals surface area contributed by atoms with Crippen LogP contribution in [0.1, 0.15) is 24.2 Å². The smallest absolute Gasteiger partial charge is 0.0769 e. The van der Waals surface area contributed by atoms with Gasteiger partial charge in [-0.2, -0.15) is 10.2 Å². The molecular weight excluding hydrogens is 325 g/mol. The van der Waals surface area contributed by atoms with Crippen LogP contribution in [0, 0.1) is 3.57 Å². The van der Waals surface area contributed by atoms with Crippen LogP contribution < -0.4 is 5.32 Å². The number of benzene rings is 1. The first-order valence-corrected chi connectivity index (χ1v) is 6.59. The van der Waals surface area contributed by atoms with E-state index in [-0.39, 0.29) is 0 Å². The van der Waals surface area contributed by atoms with E-state index in [2.05, 4.69) is 69.3 Å². The van der Waals surface area contributed by atoms with Crippen molar-refractivity contribution < 1.29 is 0 Å². The SMILES string of the molecule is CC(NCc1cccnn1)c1ccc(I)cc1. The Hall–Kier alpha value is -1.01. The number of halogens is 1. The lowest BCUT2D eigenvalue weighted by molar-refractivity contribution is 0.564. The third kappa shape index (κ3) is 3.74. The van der Waals surface area contributed by atoms with Crippen LogP contribution >= 0.6 is 22.6 Å². The Morgan fingerprint density at radius 2 is 2.00 bits per heavy atom. The zero-order chi connectivity index (χ0) is 12.1. The van der Waals surface area contributed by atoms with Gasteiger partial charge in [0.05, 0.1) is 5.69 Å². The summed E-state index contributed by atoms with van der Waals surface area (Å²) in [7, 11) is 0. The van der Waals surface area contributed by atoms with Crippen LogP contribution in [-0.2, 0) is 6.54 Å². The maximum absolute atomic E-state index is 4.04. The van der Waals surface area contributed by atoms with Gasteiger partial charge in [0.25, 0.3) is 0 Å². The standard InChI is InChI=1S/C13H14IN3/c1-10(11-4-6-12(14)7-5-11)15-9-13-3-2-8-16-17-13/h2-8,10,15H,9H2,1H3. The monoisotopic (exact) mass is 339 g/mol. The fourth-order valence-electron chi connectivity index (χ4n) is 1.55. The highest BCUT2D eigenvalue weighted by Gasteiger charge is 2.04. The molecule has 2 rings (SSSR count). The van der Waals surface area contributed by atoms with Crippen molar-refractivity contribution in [3.8, 4) is 0 Å². The maximum Gasteiger partial charge on any atom is 0.0769 e. The van der Waals surface area contributed by atoms with Crippen molar-refractivity contribution in [1.82, 2.24) is 15.5 Å². The summed E-state index contributed by atoms with van der Waals surface area (Å²) in [5.74, 6) is 0. The van der Waals surface area contributed by atoms with Crippen LogP contribution in [0.4, 0.5) is 0 Å². The van der Waals surface area contributed by atoms with Gasteiger partial charge in [-0.25, -0.2) is 0 Å². The molecule has 1 aromatic heterocycles. The second-order valence-electron chi connectivity index (χ2n) is 3.87. The van der Waals surface area contributed by atoms with Gasteiger partial charge in [-0.3, -0.25) is 0 Å². The molecule has 0 bridgehead atoms. The highest BCUT2D eigenvalue weighted by molar-refractivity contribution is 14.1. The fraction of sp³-hybridized carbons (Fsp3) is 0.231. The Kier molecular flexibility index (Phi) is 4.44. The van der Waals surface area contributed by atoms with Crippen LogP contribution in [0.25, 0.3) is 0 Å². The molecule has 1 N–H and O–H groups in total. The summed E-state index contributed by atoms with van der Waals surface area (Å²) in [6, 6.07) is 12.7. The van der Waals surface area contributed by atoms with E-state index in [0.717, 1.165) is 12.2 Å². The van der Waals surface area contributed by atoms with E-state index in [1.807, 2.05) is 12.1 Å². The number of hydrogen-bond donors (Lipinski definition) is 1. The van der Waals surface area contributed by atoms with Gasteiger partial charge < -0.3 is 5.32 Å². The molecule has 1 atom stereocenters. The van der Waals surface area contributed by atoms with Gasteiger partial charge in [0.2, 0.25) is 0 Å². The minimum absolute atomic E-state index is 0.314. The number of rotatable bonds is 4. The molecule has 17 heavy (non-hydrogen) atoms. The van der Waals surface area contributed by atoms with E-state index >= 15 is 0 Å². The molecule has 4 heteroatoms. The second-order valence-corrected chi connectivity index (χ2v) is 5.11. The Bertz CT molecular complexity index is 456. The summed E-state index contributed by atoms with van der Waals surface area (Å²) >= 11 is 2.31. The summed E-state index contributed by atoms with van der Waals surface area (Å²) < 4.78 is 1.26. The molecule has 2 aromatic rings. The van der Waals surface area contributed by atoms with Crippen LogP contribution in [0.15, 0.2) is 42.6 Å². The molecular formula is C13H14IN3. The first kappa shape index (κ1) is 12.4. The summed E-state index contributed by atoms with van der Waals surface area (Å²) in [6.07, 6.45) is 1.69. The topological polar surface area (TPSA) is 37.8 Å². The van der Waals surface area contributed by atoms with E-state index in [9.17, 15) is 0 Å². The maximum atomic E-state index is 4.04. The number of nitrogens with zero attached hydrogens (tertiary/aromatic N) is 2. The normalized spacial score (nSPS) is 12.4. The molecule has 0 saturated heterocycles. The number of nitrogens with one attached hydrogen (secondary N) is 1.